The molecule has 1 spiro atoms. The van der Waals surface area contributed by atoms with Gasteiger partial charge in [-0.2, -0.15) is 4.98 Å². The fourth-order valence-corrected chi connectivity index (χ4v) is 2.56. The minimum absolute atomic E-state index is 0.384. The zero-order valence-corrected chi connectivity index (χ0v) is 10.5. The Morgan fingerprint density at radius 3 is 2.94 bits per heavy atom. The highest BCUT2D eigenvalue weighted by Crippen LogP contribution is 2.39. The molecule has 0 radical (unpaired) electrons. The van der Waals surface area contributed by atoms with Crippen LogP contribution in [0.1, 0.15) is 18.4 Å². The fraction of sp³-hybridized carbons (Fsp3) is 0.615. The van der Waals surface area contributed by atoms with Crippen molar-refractivity contribution in [3.63, 3.8) is 0 Å². The molecule has 1 N–H and O–H groups in total. The van der Waals surface area contributed by atoms with Crippen molar-refractivity contribution in [1.29, 1.82) is 0 Å². The largest absolute Gasteiger partial charge is 0.481 e. The molecule has 1 aromatic rings. The molecular weight excluding hydrogens is 214 g/mol. The van der Waals surface area contributed by atoms with Gasteiger partial charge in [0.05, 0.1) is 7.11 Å². The van der Waals surface area contributed by atoms with Gasteiger partial charge in [-0.05, 0) is 25.3 Å². The predicted molar refractivity (Wildman–Crippen MR) is 67.7 cm³/mol. The van der Waals surface area contributed by atoms with Gasteiger partial charge in [0.2, 0.25) is 5.88 Å². The summed E-state index contributed by atoms with van der Waals surface area (Å²) in [4.78, 5) is 6.97. The summed E-state index contributed by atoms with van der Waals surface area (Å²) in [5.74, 6) is 1.78. The molecule has 1 saturated heterocycles. The van der Waals surface area contributed by atoms with Crippen LogP contribution in [-0.2, 0) is 0 Å². The number of aromatic nitrogens is 1. The lowest BCUT2D eigenvalue weighted by molar-refractivity contribution is 0.395. The van der Waals surface area contributed by atoms with Gasteiger partial charge in [-0.25, -0.2) is 0 Å². The van der Waals surface area contributed by atoms with E-state index in [0.29, 0.717) is 11.4 Å². The predicted octanol–water partition coefficient (Wildman–Crippen LogP) is 1.34. The summed E-state index contributed by atoms with van der Waals surface area (Å²) < 4.78 is 5.21. The second-order valence-electron chi connectivity index (χ2n) is 5.12. The van der Waals surface area contributed by atoms with Crippen molar-refractivity contribution < 1.29 is 4.74 Å². The molecule has 0 amide bonds. The standard InChI is InChI=1S/C13H19N3O/c1-10-3-4-11(17-2)15-12(10)16-8-7-14-13(9-16)5-6-13/h3-4,14H,5-9H2,1-2H3. The lowest BCUT2D eigenvalue weighted by atomic mass is 10.1. The summed E-state index contributed by atoms with van der Waals surface area (Å²) >= 11 is 0. The van der Waals surface area contributed by atoms with E-state index in [4.69, 9.17) is 4.74 Å². The van der Waals surface area contributed by atoms with Crippen molar-refractivity contribution in [2.75, 3.05) is 31.6 Å². The number of aryl methyl sites for hydroxylation is 1. The van der Waals surface area contributed by atoms with Crippen molar-refractivity contribution in [3.05, 3.63) is 17.7 Å². The molecular formula is C13H19N3O. The minimum atomic E-state index is 0.384. The van der Waals surface area contributed by atoms with Crippen LogP contribution in [0.15, 0.2) is 12.1 Å². The monoisotopic (exact) mass is 233 g/mol. The van der Waals surface area contributed by atoms with E-state index >= 15 is 0 Å². The van der Waals surface area contributed by atoms with Crippen molar-refractivity contribution in [2.45, 2.75) is 25.3 Å². The Kier molecular flexibility index (Phi) is 2.47. The van der Waals surface area contributed by atoms with E-state index in [9.17, 15) is 0 Å². The van der Waals surface area contributed by atoms with Crippen LogP contribution in [0.25, 0.3) is 0 Å². The highest BCUT2D eigenvalue weighted by molar-refractivity contribution is 5.49. The maximum atomic E-state index is 5.21. The normalized spacial score (nSPS) is 21.6. The first-order valence-corrected chi connectivity index (χ1v) is 6.24. The van der Waals surface area contributed by atoms with Crippen LogP contribution in [-0.4, -0.2) is 37.3 Å². The van der Waals surface area contributed by atoms with Crippen molar-refractivity contribution in [2.24, 2.45) is 0 Å². The summed E-state index contributed by atoms with van der Waals surface area (Å²) in [5, 5.41) is 3.62. The molecule has 0 bridgehead atoms. The summed E-state index contributed by atoms with van der Waals surface area (Å²) in [6.45, 7) is 5.28. The molecule has 4 heteroatoms. The molecule has 3 rings (SSSR count). The summed E-state index contributed by atoms with van der Waals surface area (Å²) in [7, 11) is 1.67. The lowest BCUT2D eigenvalue weighted by Crippen LogP contribution is -2.53. The number of hydrogen-bond acceptors (Lipinski definition) is 4. The molecule has 1 saturated carbocycles. The average molecular weight is 233 g/mol. The molecule has 92 valence electrons. The van der Waals surface area contributed by atoms with Gasteiger partial charge in [-0.15, -0.1) is 0 Å². The number of piperazine rings is 1. The third-order valence-corrected chi connectivity index (χ3v) is 3.78. The molecule has 4 nitrogen and oxygen atoms in total. The van der Waals surface area contributed by atoms with E-state index in [-0.39, 0.29) is 0 Å². The van der Waals surface area contributed by atoms with E-state index in [2.05, 4.69) is 28.2 Å². The van der Waals surface area contributed by atoms with Gasteiger partial charge in [0.25, 0.3) is 0 Å². The Balaban J connectivity index is 1.87. The van der Waals surface area contributed by atoms with E-state index < -0.39 is 0 Å². The quantitative estimate of drug-likeness (QED) is 0.836. The zero-order valence-electron chi connectivity index (χ0n) is 10.5. The number of pyridine rings is 1. The maximum Gasteiger partial charge on any atom is 0.214 e. The molecule has 1 aliphatic carbocycles. The van der Waals surface area contributed by atoms with Gasteiger partial charge in [0, 0.05) is 31.2 Å². The molecule has 0 unspecified atom stereocenters. The number of anilines is 1. The average Bonchev–Trinajstić information content (AvgIpc) is 3.09. The van der Waals surface area contributed by atoms with Crippen LogP contribution in [0.4, 0.5) is 5.82 Å². The molecule has 17 heavy (non-hydrogen) atoms. The minimum Gasteiger partial charge on any atom is -0.481 e. The van der Waals surface area contributed by atoms with E-state index in [1.54, 1.807) is 7.11 Å². The molecule has 1 aliphatic heterocycles. The van der Waals surface area contributed by atoms with Crippen molar-refractivity contribution in [1.82, 2.24) is 10.3 Å². The topological polar surface area (TPSA) is 37.4 Å². The van der Waals surface area contributed by atoms with Gasteiger partial charge >= 0.3 is 0 Å². The van der Waals surface area contributed by atoms with E-state index in [0.717, 1.165) is 25.5 Å². The third kappa shape index (κ3) is 1.97. The Morgan fingerprint density at radius 2 is 2.24 bits per heavy atom. The molecule has 0 aromatic carbocycles. The second kappa shape index (κ2) is 3.88. The second-order valence-corrected chi connectivity index (χ2v) is 5.12. The maximum absolute atomic E-state index is 5.21. The number of nitrogens with zero attached hydrogens (tertiary/aromatic N) is 2. The summed E-state index contributed by atoms with van der Waals surface area (Å²) in [6, 6.07) is 4.01. The van der Waals surface area contributed by atoms with Crippen LogP contribution in [0, 0.1) is 6.92 Å². The van der Waals surface area contributed by atoms with Gasteiger partial charge in [-0.3, -0.25) is 0 Å². The van der Waals surface area contributed by atoms with Crippen LogP contribution in [0.3, 0.4) is 0 Å². The van der Waals surface area contributed by atoms with Gasteiger partial charge in [0.15, 0.2) is 0 Å². The fourth-order valence-electron chi connectivity index (χ4n) is 2.56. The SMILES string of the molecule is COc1ccc(C)c(N2CCNC3(CC3)C2)n1. The Bertz CT molecular complexity index is 429. The first-order chi connectivity index (χ1) is 8.22. The summed E-state index contributed by atoms with van der Waals surface area (Å²) in [5.41, 5.74) is 1.61. The Labute approximate surface area is 102 Å². The van der Waals surface area contributed by atoms with Crippen LogP contribution < -0.4 is 15.0 Å². The first kappa shape index (κ1) is 10.8. The van der Waals surface area contributed by atoms with Gasteiger partial charge in [-0.1, -0.05) is 6.07 Å². The van der Waals surface area contributed by atoms with Crippen molar-refractivity contribution in [3.8, 4) is 5.88 Å². The Hall–Kier alpha value is -1.29. The van der Waals surface area contributed by atoms with Crippen molar-refractivity contribution >= 4 is 5.82 Å². The number of ether oxygens (including phenoxy) is 1. The van der Waals surface area contributed by atoms with Gasteiger partial charge in [0.1, 0.15) is 5.82 Å². The summed E-state index contributed by atoms with van der Waals surface area (Å²) in [6.07, 6.45) is 2.60. The molecule has 2 heterocycles. The van der Waals surface area contributed by atoms with E-state index in [1.807, 2.05) is 6.07 Å². The molecule has 2 fully saturated rings. The third-order valence-electron chi connectivity index (χ3n) is 3.78. The van der Waals surface area contributed by atoms with Gasteiger partial charge < -0.3 is 15.0 Å². The lowest BCUT2D eigenvalue weighted by Gasteiger charge is -2.35. The molecule has 0 atom stereocenters. The molecule has 2 aliphatic rings. The van der Waals surface area contributed by atoms with Crippen LogP contribution in [0.2, 0.25) is 0 Å². The number of rotatable bonds is 2. The van der Waals surface area contributed by atoms with Crippen LogP contribution in [0.5, 0.6) is 5.88 Å². The highest BCUT2D eigenvalue weighted by atomic mass is 16.5. The number of methoxy groups -OCH3 is 1. The van der Waals surface area contributed by atoms with E-state index in [1.165, 1.54) is 18.4 Å². The first-order valence-electron chi connectivity index (χ1n) is 6.24. The number of nitrogens with one attached hydrogen (secondary N) is 1. The number of hydrogen-bond donors (Lipinski definition) is 1. The van der Waals surface area contributed by atoms with Crippen LogP contribution >= 0.6 is 0 Å². The molecule has 1 aromatic heterocycles. The smallest absolute Gasteiger partial charge is 0.214 e. The zero-order chi connectivity index (χ0) is 11.9. The highest BCUT2D eigenvalue weighted by Gasteiger charge is 2.45. The Morgan fingerprint density at radius 1 is 1.41 bits per heavy atom.